The molecular weight excluding hydrogens is 282 g/mol. The quantitative estimate of drug-likeness (QED) is 0.837. The topological polar surface area (TPSA) is 62.2 Å². The van der Waals surface area contributed by atoms with Crippen molar-refractivity contribution in [2.45, 2.75) is 64.0 Å². The third-order valence-electron chi connectivity index (χ3n) is 4.32. The molecule has 0 aliphatic carbocycles. The van der Waals surface area contributed by atoms with Gasteiger partial charge in [-0.25, -0.2) is 0 Å². The molecule has 5 heteroatoms. The number of aliphatic hydroxyl groups is 1. The lowest BCUT2D eigenvalue weighted by Gasteiger charge is -2.51. The van der Waals surface area contributed by atoms with Gasteiger partial charge in [0.05, 0.1) is 13.2 Å². The van der Waals surface area contributed by atoms with Crippen molar-refractivity contribution >= 4 is 0 Å². The number of ether oxygens (including phenoxy) is 2. The molecule has 1 aromatic rings. The van der Waals surface area contributed by atoms with E-state index >= 15 is 0 Å². The van der Waals surface area contributed by atoms with Gasteiger partial charge >= 0.3 is 0 Å². The lowest BCUT2D eigenvalue weighted by molar-refractivity contribution is -0.275. The van der Waals surface area contributed by atoms with E-state index in [0.717, 1.165) is 5.75 Å². The fraction of sp³-hybridized carbons (Fsp3) is 0.647. The number of benzene rings is 1. The van der Waals surface area contributed by atoms with Gasteiger partial charge in [0.2, 0.25) is 0 Å². The standard InChI is InChI=1S/C17H27NO4/c1-16(2)10-14(11-17(3,4)18(16)20)22-15(19)12-6-8-13(21-5)9-7-12/h6-9,14-15,19-20H,10-11H2,1-5H3. The number of piperidine rings is 1. The summed E-state index contributed by atoms with van der Waals surface area (Å²) in [4.78, 5) is 0. The molecule has 5 nitrogen and oxygen atoms in total. The van der Waals surface area contributed by atoms with E-state index in [-0.39, 0.29) is 6.10 Å². The van der Waals surface area contributed by atoms with Gasteiger partial charge in [0.25, 0.3) is 0 Å². The monoisotopic (exact) mass is 309 g/mol. The second kappa shape index (κ2) is 6.16. The summed E-state index contributed by atoms with van der Waals surface area (Å²) in [5, 5.41) is 22.0. The fourth-order valence-corrected chi connectivity index (χ4v) is 3.30. The molecule has 1 atom stereocenters. The van der Waals surface area contributed by atoms with E-state index in [1.807, 2.05) is 27.7 Å². The molecule has 0 aromatic heterocycles. The first kappa shape index (κ1) is 17.2. The van der Waals surface area contributed by atoms with Crippen LogP contribution in [0.1, 0.15) is 52.4 Å². The number of hydrogen-bond acceptors (Lipinski definition) is 5. The highest BCUT2D eigenvalue weighted by Crippen LogP contribution is 2.39. The number of aliphatic hydroxyl groups excluding tert-OH is 1. The first-order chi connectivity index (χ1) is 10.2. The smallest absolute Gasteiger partial charge is 0.181 e. The van der Waals surface area contributed by atoms with Crippen LogP contribution in [0.15, 0.2) is 24.3 Å². The maximum Gasteiger partial charge on any atom is 0.181 e. The summed E-state index contributed by atoms with van der Waals surface area (Å²) in [6.45, 7) is 7.90. The van der Waals surface area contributed by atoms with Crippen LogP contribution < -0.4 is 4.74 Å². The van der Waals surface area contributed by atoms with Gasteiger partial charge in [-0.2, -0.15) is 5.06 Å². The molecule has 22 heavy (non-hydrogen) atoms. The Bertz CT molecular complexity index is 480. The van der Waals surface area contributed by atoms with E-state index in [4.69, 9.17) is 9.47 Å². The number of hydrogen-bond donors (Lipinski definition) is 2. The van der Waals surface area contributed by atoms with Crippen molar-refractivity contribution in [3.05, 3.63) is 29.8 Å². The molecule has 1 unspecified atom stereocenters. The number of rotatable bonds is 4. The highest BCUT2D eigenvalue weighted by molar-refractivity contribution is 5.27. The summed E-state index contributed by atoms with van der Waals surface area (Å²) >= 11 is 0. The second-order valence-corrected chi connectivity index (χ2v) is 7.23. The number of hydroxylamine groups is 2. The van der Waals surface area contributed by atoms with Crippen LogP contribution in [0, 0.1) is 0 Å². The Hall–Kier alpha value is -1.14. The van der Waals surface area contributed by atoms with Crippen molar-refractivity contribution in [3.8, 4) is 5.75 Å². The van der Waals surface area contributed by atoms with Crippen LogP contribution in [0.2, 0.25) is 0 Å². The first-order valence-electron chi connectivity index (χ1n) is 7.62. The Balaban J connectivity index is 2.06. The van der Waals surface area contributed by atoms with Gasteiger partial charge in [0.15, 0.2) is 6.29 Å². The molecule has 0 radical (unpaired) electrons. The Morgan fingerprint density at radius 2 is 1.59 bits per heavy atom. The molecule has 124 valence electrons. The molecule has 0 bridgehead atoms. The van der Waals surface area contributed by atoms with E-state index in [0.29, 0.717) is 18.4 Å². The summed E-state index contributed by atoms with van der Waals surface area (Å²) in [5.74, 6) is 0.742. The van der Waals surface area contributed by atoms with Gasteiger partial charge in [-0.3, -0.25) is 0 Å². The van der Waals surface area contributed by atoms with Crippen molar-refractivity contribution in [2.24, 2.45) is 0 Å². The minimum atomic E-state index is -0.979. The average molecular weight is 309 g/mol. The molecule has 1 aromatic carbocycles. The Labute approximate surface area is 132 Å². The van der Waals surface area contributed by atoms with Gasteiger partial charge < -0.3 is 19.8 Å². The average Bonchev–Trinajstić information content (AvgIpc) is 2.44. The van der Waals surface area contributed by atoms with Gasteiger partial charge in [0, 0.05) is 16.6 Å². The van der Waals surface area contributed by atoms with E-state index in [9.17, 15) is 10.3 Å². The molecule has 1 fully saturated rings. The summed E-state index contributed by atoms with van der Waals surface area (Å²) in [5.41, 5.74) is -0.0965. The van der Waals surface area contributed by atoms with Crippen LogP contribution in [0.4, 0.5) is 0 Å². The highest BCUT2D eigenvalue weighted by Gasteiger charge is 2.45. The zero-order chi connectivity index (χ0) is 16.5. The van der Waals surface area contributed by atoms with E-state index in [1.54, 1.807) is 31.4 Å². The first-order valence-corrected chi connectivity index (χ1v) is 7.62. The summed E-state index contributed by atoms with van der Waals surface area (Å²) in [6, 6.07) is 7.18. The van der Waals surface area contributed by atoms with Crippen molar-refractivity contribution in [2.75, 3.05) is 7.11 Å². The maximum atomic E-state index is 10.3. The van der Waals surface area contributed by atoms with Gasteiger partial charge in [-0.05, 0) is 52.7 Å². The molecule has 2 N–H and O–H groups in total. The van der Waals surface area contributed by atoms with Crippen LogP contribution in [0.3, 0.4) is 0 Å². The zero-order valence-corrected chi connectivity index (χ0v) is 14.0. The van der Waals surface area contributed by atoms with Crippen molar-refractivity contribution < 1.29 is 19.8 Å². The molecule has 0 amide bonds. The summed E-state index contributed by atoms with van der Waals surface area (Å²) in [6.07, 6.45) is 0.207. The van der Waals surface area contributed by atoms with Crippen molar-refractivity contribution in [1.82, 2.24) is 5.06 Å². The lowest BCUT2D eigenvalue weighted by Crippen LogP contribution is -2.60. The molecule has 0 saturated carbocycles. The molecule has 1 aliphatic rings. The minimum Gasteiger partial charge on any atom is -0.497 e. The molecular formula is C17H27NO4. The predicted octanol–water partition coefficient (Wildman–Crippen LogP) is 3.11. The lowest BCUT2D eigenvalue weighted by atomic mass is 9.80. The fourth-order valence-electron chi connectivity index (χ4n) is 3.30. The normalized spacial score (nSPS) is 23.2. The zero-order valence-electron chi connectivity index (χ0n) is 14.0. The predicted molar refractivity (Wildman–Crippen MR) is 83.8 cm³/mol. The molecule has 1 aliphatic heterocycles. The van der Waals surface area contributed by atoms with Crippen molar-refractivity contribution in [3.63, 3.8) is 0 Å². The molecule has 2 rings (SSSR count). The maximum absolute atomic E-state index is 10.3. The highest BCUT2D eigenvalue weighted by atomic mass is 16.6. The van der Waals surface area contributed by atoms with Crippen LogP contribution in [-0.4, -0.2) is 39.7 Å². The van der Waals surface area contributed by atoms with Gasteiger partial charge in [0.1, 0.15) is 5.75 Å². The van der Waals surface area contributed by atoms with Crippen LogP contribution in [0.5, 0.6) is 5.75 Å². The van der Waals surface area contributed by atoms with Crippen LogP contribution in [-0.2, 0) is 4.74 Å². The minimum absolute atomic E-state index is 0.120. The van der Waals surface area contributed by atoms with Crippen LogP contribution >= 0.6 is 0 Å². The van der Waals surface area contributed by atoms with Gasteiger partial charge in [-0.15, -0.1) is 0 Å². The summed E-state index contributed by atoms with van der Waals surface area (Å²) in [7, 11) is 1.61. The summed E-state index contributed by atoms with van der Waals surface area (Å²) < 4.78 is 11.0. The van der Waals surface area contributed by atoms with Crippen LogP contribution in [0.25, 0.3) is 0 Å². The third-order valence-corrected chi connectivity index (χ3v) is 4.32. The third kappa shape index (κ3) is 3.60. The number of methoxy groups -OCH3 is 1. The van der Waals surface area contributed by atoms with E-state index < -0.39 is 17.4 Å². The Morgan fingerprint density at radius 3 is 2.05 bits per heavy atom. The number of nitrogens with zero attached hydrogens (tertiary/aromatic N) is 1. The SMILES string of the molecule is COc1ccc(C(O)OC2CC(C)(C)N(O)C(C)(C)C2)cc1. The molecule has 1 saturated heterocycles. The van der Waals surface area contributed by atoms with Gasteiger partial charge in [-0.1, -0.05) is 12.1 Å². The molecule has 0 spiro atoms. The van der Waals surface area contributed by atoms with E-state index in [2.05, 4.69) is 0 Å². The van der Waals surface area contributed by atoms with Crippen molar-refractivity contribution in [1.29, 1.82) is 0 Å². The second-order valence-electron chi connectivity index (χ2n) is 7.23. The Morgan fingerprint density at radius 1 is 1.09 bits per heavy atom. The largest absolute Gasteiger partial charge is 0.497 e. The molecule has 1 heterocycles. The Kier molecular flexibility index (Phi) is 4.82. The van der Waals surface area contributed by atoms with E-state index in [1.165, 1.54) is 5.06 Å².